The Balaban J connectivity index is 1.03. The van der Waals surface area contributed by atoms with Gasteiger partial charge in [-0.15, -0.1) is 0 Å². The Bertz CT molecular complexity index is 3620. The first-order chi connectivity index (χ1) is 31.2. The summed E-state index contributed by atoms with van der Waals surface area (Å²) in [6, 6.07) is 84.3. The van der Waals surface area contributed by atoms with Gasteiger partial charge in [0.2, 0.25) is 0 Å². The molecular formula is C60H39NO2. The fourth-order valence-electron chi connectivity index (χ4n) is 9.29. The van der Waals surface area contributed by atoms with Gasteiger partial charge in [-0.25, -0.2) is 0 Å². The molecule has 12 rings (SSSR count). The summed E-state index contributed by atoms with van der Waals surface area (Å²) < 4.78 is 12.8. The summed E-state index contributed by atoms with van der Waals surface area (Å²) in [5.41, 5.74) is 18.1. The lowest BCUT2D eigenvalue weighted by molar-refractivity contribution is 0.668. The minimum absolute atomic E-state index is 0.845. The first kappa shape index (κ1) is 36.5. The minimum Gasteiger partial charge on any atom is -0.456 e. The molecule has 0 N–H and O–H groups in total. The first-order valence-corrected chi connectivity index (χ1v) is 21.4. The number of hydrogen-bond donors (Lipinski definition) is 0. The number of furan rings is 2. The molecule has 0 atom stereocenters. The van der Waals surface area contributed by atoms with E-state index < -0.39 is 0 Å². The van der Waals surface area contributed by atoms with Crippen LogP contribution in [0.2, 0.25) is 0 Å². The van der Waals surface area contributed by atoms with Crippen LogP contribution in [0.4, 0.5) is 17.1 Å². The van der Waals surface area contributed by atoms with Gasteiger partial charge < -0.3 is 13.7 Å². The van der Waals surface area contributed by atoms with Crippen molar-refractivity contribution in [3.8, 4) is 55.6 Å². The van der Waals surface area contributed by atoms with Crippen molar-refractivity contribution in [2.24, 2.45) is 0 Å². The lowest BCUT2D eigenvalue weighted by Crippen LogP contribution is -2.11. The van der Waals surface area contributed by atoms with E-state index in [1.54, 1.807) is 0 Å². The van der Waals surface area contributed by atoms with Crippen LogP contribution in [-0.2, 0) is 0 Å². The Morgan fingerprint density at radius 3 is 1.40 bits per heavy atom. The van der Waals surface area contributed by atoms with Crippen molar-refractivity contribution in [2.45, 2.75) is 0 Å². The van der Waals surface area contributed by atoms with Crippen molar-refractivity contribution in [3.63, 3.8) is 0 Å². The molecule has 0 saturated carbocycles. The van der Waals surface area contributed by atoms with Crippen LogP contribution in [-0.4, -0.2) is 0 Å². The lowest BCUT2D eigenvalue weighted by Gasteiger charge is -2.28. The van der Waals surface area contributed by atoms with Gasteiger partial charge in [0.25, 0.3) is 0 Å². The average molecular weight is 806 g/mol. The summed E-state index contributed by atoms with van der Waals surface area (Å²) >= 11 is 0. The van der Waals surface area contributed by atoms with Crippen molar-refractivity contribution in [2.75, 3.05) is 4.90 Å². The number of nitrogens with zero attached hydrogens (tertiary/aromatic N) is 1. The number of rotatable bonds is 8. The number of anilines is 3. The largest absolute Gasteiger partial charge is 0.456 e. The minimum atomic E-state index is 0.845. The van der Waals surface area contributed by atoms with Crippen molar-refractivity contribution >= 4 is 60.9 Å². The van der Waals surface area contributed by atoms with E-state index in [9.17, 15) is 0 Å². The van der Waals surface area contributed by atoms with E-state index >= 15 is 0 Å². The van der Waals surface area contributed by atoms with Crippen LogP contribution in [0.5, 0.6) is 0 Å². The van der Waals surface area contributed by atoms with E-state index in [1.165, 1.54) is 27.8 Å². The highest BCUT2D eigenvalue weighted by Crippen LogP contribution is 2.47. The number of benzene rings is 10. The third-order valence-electron chi connectivity index (χ3n) is 12.3. The van der Waals surface area contributed by atoms with Gasteiger partial charge in [-0.1, -0.05) is 170 Å². The van der Waals surface area contributed by atoms with Gasteiger partial charge in [0.1, 0.15) is 22.3 Å². The maximum Gasteiger partial charge on any atom is 0.137 e. The molecule has 10 aromatic carbocycles. The highest BCUT2D eigenvalue weighted by atomic mass is 16.3. The van der Waals surface area contributed by atoms with Crippen LogP contribution in [0.25, 0.3) is 99.5 Å². The molecule has 0 aliphatic heterocycles. The predicted molar refractivity (Wildman–Crippen MR) is 263 cm³/mol. The van der Waals surface area contributed by atoms with Crippen LogP contribution in [0.3, 0.4) is 0 Å². The quantitative estimate of drug-likeness (QED) is 0.153. The molecule has 0 fully saturated rings. The molecule has 296 valence electrons. The molecule has 0 saturated heterocycles. The van der Waals surface area contributed by atoms with Gasteiger partial charge in [0.05, 0.1) is 5.69 Å². The molecule has 12 aromatic rings. The van der Waals surface area contributed by atoms with Gasteiger partial charge in [0.15, 0.2) is 0 Å². The molecule has 0 bridgehead atoms. The Kier molecular flexibility index (Phi) is 8.83. The van der Waals surface area contributed by atoms with Gasteiger partial charge in [-0.2, -0.15) is 0 Å². The van der Waals surface area contributed by atoms with Gasteiger partial charge >= 0.3 is 0 Å². The van der Waals surface area contributed by atoms with E-state index in [0.717, 1.165) is 88.8 Å². The van der Waals surface area contributed by atoms with Crippen LogP contribution >= 0.6 is 0 Å². The summed E-state index contributed by atoms with van der Waals surface area (Å²) in [5, 5.41) is 4.46. The molecule has 0 amide bonds. The zero-order valence-electron chi connectivity index (χ0n) is 34.3. The van der Waals surface area contributed by atoms with Crippen molar-refractivity contribution in [3.05, 3.63) is 237 Å². The highest BCUT2D eigenvalue weighted by molar-refractivity contribution is 6.07. The third kappa shape index (κ3) is 6.46. The fourth-order valence-corrected chi connectivity index (χ4v) is 9.29. The molecule has 0 spiro atoms. The first-order valence-electron chi connectivity index (χ1n) is 21.4. The van der Waals surface area contributed by atoms with Gasteiger partial charge in [-0.3, -0.25) is 0 Å². The van der Waals surface area contributed by atoms with Crippen molar-refractivity contribution < 1.29 is 8.83 Å². The molecule has 0 aliphatic rings. The zero-order chi connectivity index (χ0) is 41.7. The van der Waals surface area contributed by atoms with E-state index in [4.69, 9.17) is 8.83 Å². The second-order valence-corrected chi connectivity index (χ2v) is 16.0. The van der Waals surface area contributed by atoms with Gasteiger partial charge in [-0.05, 0) is 111 Å². The maximum absolute atomic E-state index is 6.51. The maximum atomic E-state index is 6.51. The smallest absolute Gasteiger partial charge is 0.137 e. The second-order valence-electron chi connectivity index (χ2n) is 16.0. The Hall–Kier alpha value is -8.40. The number of fused-ring (bicyclic) bond motifs is 6. The van der Waals surface area contributed by atoms with Crippen LogP contribution in [0.1, 0.15) is 0 Å². The topological polar surface area (TPSA) is 29.5 Å². The highest BCUT2D eigenvalue weighted by Gasteiger charge is 2.22. The molecular weight excluding hydrogens is 767 g/mol. The molecule has 0 radical (unpaired) electrons. The van der Waals surface area contributed by atoms with Crippen LogP contribution in [0, 0.1) is 0 Å². The molecule has 2 heterocycles. The lowest BCUT2D eigenvalue weighted by atomic mass is 9.87. The van der Waals surface area contributed by atoms with Crippen LogP contribution < -0.4 is 4.90 Å². The van der Waals surface area contributed by atoms with E-state index in [0.29, 0.717) is 0 Å². The normalized spacial score (nSPS) is 11.5. The molecule has 63 heavy (non-hydrogen) atoms. The van der Waals surface area contributed by atoms with Crippen molar-refractivity contribution in [1.82, 2.24) is 0 Å². The molecule has 3 heteroatoms. The fraction of sp³-hybridized carbons (Fsp3) is 0. The summed E-state index contributed by atoms with van der Waals surface area (Å²) in [4.78, 5) is 2.36. The zero-order valence-corrected chi connectivity index (χ0v) is 34.3. The molecule has 0 unspecified atom stereocenters. The average Bonchev–Trinajstić information content (AvgIpc) is 3.92. The Morgan fingerprint density at radius 2 is 0.698 bits per heavy atom. The monoisotopic (exact) mass is 805 g/mol. The van der Waals surface area contributed by atoms with E-state index in [1.807, 2.05) is 24.3 Å². The Morgan fingerprint density at radius 1 is 0.238 bits per heavy atom. The summed E-state index contributed by atoms with van der Waals surface area (Å²) in [6.07, 6.45) is 0. The third-order valence-corrected chi connectivity index (χ3v) is 12.3. The van der Waals surface area contributed by atoms with E-state index in [2.05, 4.69) is 217 Å². The Labute approximate surface area is 365 Å². The molecule has 3 nitrogen and oxygen atoms in total. The number of para-hydroxylation sites is 3. The summed E-state index contributed by atoms with van der Waals surface area (Å²) in [5.74, 6) is 0. The standard InChI is InChI=1S/C60H39NO2/c1-3-15-40(16-4-1)43-29-34-47(42-17-5-2-6-18-42)55(37-43)49-20-8-7-19-48(49)50-21-9-12-24-56(50)61(46-33-36-54-52-23-11-14-26-58(52)63-60(54)39-46)45-31-27-41(28-32-45)44-30-35-53-51-22-10-13-25-57(51)62-59(53)38-44/h1-39H. The predicted octanol–water partition coefficient (Wildman–Crippen LogP) is 17.3. The molecule has 2 aromatic heterocycles. The summed E-state index contributed by atoms with van der Waals surface area (Å²) in [6.45, 7) is 0. The SMILES string of the molecule is c1ccc(-c2ccc(-c3ccccc3)c(-c3ccccc3-c3ccccc3N(c3ccc(-c4ccc5c(c4)oc4ccccc45)cc3)c3ccc4c(c3)oc3ccccc34)c2)cc1. The van der Waals surface area contributed by atoms with Crippen molar-refractivity contribution in [1.29, 1.82) is 0 Å². The summed E-state index contributed by atoms with van der Waals surface area (Å²) in [7, 11) is 0. The molecule has 0 aliphatic carbocycles. The van der Waals surface area contributed by atoms with Gasteiger partial charge in [0, 0.05) is 44.5 Å². The van der Waals surface area contributed by atoms with E-state index in [-0.39, 0.29) is 0 Å². The number of hydrogen-bond acceptors (Lipinski definition) is 3. The second kappa shape index (κ2) is 15.3. The van der Waals surface area contributed by atoms with Crippen LogP contribution in [0.15, 0.2) is 245 Å².